The summed E-state index contributed by atoms with van der Waals surface area (Å²) in [5.41, 5.74) is 4.34. The van der Waals surface area contributed by atoms with Crippen molar-refractivity contribution in [1.82, 2.24) is 4.90 Å². The SMILES string of the molecule is Cc1ccc(C(=O)[C@@H]2[C@@H]3C(=O)N(c4ccc(C)cc4C)C(=O)[C@@H]3[C@H]3CCCN32)cc1. The maximum atomic E-state index is 13.6. The number of fused-ring (bicyclic) bond motifs is 3. The third-order valence-corrected chi connectivity index (χ3v) is 7.05. The van der Waals surface area contributed by atoms with Crippen molar-refractivity contribution in [2.24, 2.45) is 11.8 Å². The highest BCUT2D eigenvalue weighted by Gasteiger charge is 2.64. The van der Waals surface area contributed by atoms with Crippen molar-refractivity contribution in [3.63, 3.8) is 0 Å². The second-order valence-corrected chi connectivity index (χ2v) is 8.98. The van der Waals surface area contributed by atoms with Crippen molar-refractivity contribution in [3.05, 3.63) is 64.7 Å². The van der Waals surface area contributed by atoms with E-state index in [1.807, 2.05) is 63.2 Å². The highest BCUT2D eigenvalue weighted by molar-refractivity contribution is 6.24. The molecular weight excluding hydrogens is 376 g/mol. The van der Waals surface area contributed by atoms with E-state index in [9.17, 15) is 14.4 Å². The van der Waals surface area contributed by atoms with Crippen molar-refractivity contribution in [2.45, 2.75) is 45.7 Å². The lowest BCUT2D eigenvalue weighted by molar-refractivity contribution is -0.123. The first-order valence-corrected chi connectivity index (χ1v) is 10.7. The molecule has 0 aliphatic carbocycles. The fourth-order valence-corrected chi connectivity index (χ4v) is 5.70. The van der Waals surface area contributed by atoms with Gasteiger partial charge in [0.2, 0.25) is 11.8 Å². The number of anilines is 1. The van der Waals surface area contributed by atoms with Crippen LogP contribution in [0.5, 0.6) is 0 Å². The van der Waals surface area contributed by atoms with Crippen LogP contribution >= 0.6 is 0 Å². The Kier molecular flexibility index (Phi) is 4.40. The van der Waals surface area contributed by atoms with Gasteiger partial charge in [0.25, 0.3) is 0 Å². The summed E-state index contributed by atoms with van der Waals surface area (Å²) in [6.07, 6.45) is 1.81. The lowest BCUT2D eigenvalue weighted by atomic mass is 9.85. The molecule has 30 heavy (non-hydrogen) atoms. The Balaban J connectivity index is 1.56. The molecule has 0 N–H and O–H groups in total. The highest BCUT2D eigenvalue weighted by Crippen LogP contribution is 2.48. The van der Waals surface area contributed by atoms with Crippen LogP contribution in [0.25, 0.3) is 0 Å². The van der Waals surface area contributed by atoms with Crippen LogP contribution in [0, 0.1) is 32.6 Å². The third kappa shape index (κ3) is 2.68. The summed E-state index contributed by atoms with van der Waals surface area (Å²) in [5.74, 6) is -1.44. The van der Waals surface area contributed by atoms with E-state index < -0.39 is 17.9 Å². The number of hydrogen-bond donors (Lipinski definition) is 0. The zero-order chi connectivity index (χ0) is 21.2. The van der Waals surface area contributed by atoms with Crippen LogP contribution in [0.3, 0.4) is 0 Å². The number of carbonyl (C=O) groups is 3. The highest BCUT2D eigenvalue weighted by atomic mass is 16.2. The molecule has 0 saturated carbocycles. The summed E-state index contributed by atoms with van der Waals surface area (Å²) >= 11 is 0. The topological polar surface area (TPSA) is 57.7 Å². The number of amides is 2. The van der Waals surface area contributed by atoms with E-state index in [0.717, 1.165) is 36.1 Å². The molecule has 0 spiro atoms. The van der Waals surface area contributed by atoms with E-state index in [1.165, 1.54) is 4.90 Å². The van der Waals surface area contributed by atoms with E-state index in [0.29, 0.717) is 11.3 Å². The van der Waals surface area contributed by atoms with Crippen molar-refractivity contribution in [2.75, 3.05) is 11.4 Å². The molecule has 0 unspecified atom stereocenters. The normalized spacial score (nSPS) is 28.2. The number of imide groups is 1. The van der Waals surface area contributed by atoms with Crippen molar-refractivity contribution >= 4 is 23.3 Å². The van der Waals surface area contributed by atoms with E-state index in [1.54, 1.807) is 0 Å². The van der Waals surface area contributed by atoms with E-state index >= 15 is 0 Å². The van der Waals surface area contributed by atoms with Gasteiger partial charge in [-0.1, -0.05) is 47.5 Å². The first-order valence-electron chi connectivity index (χ1n) is 10.7. The maximum absolute atomic E-state index is 13.6. The Morgan fingerprint density at radius 1 is 0.900 bits per heavy atom. The van der Waals surface area contributed by atoms with Gasteiger partial charge in [-0.3, -0.25) is 19.3 Å². The van der Waals surface area contributed by atoms with Crippen molar-refractivity contribution in [1.29, 1.82) is 0 Å². The van der Waals surface area contributed by atoms with Gasteiger partial charge in [-0.25, -0.2) is 4.90 Å². The van der Waals surface area contributed by atoms with Gasteiger partial charge in [-0.2, -0.15) is 0 Å². The molecule has 4 atom stereocenters. The molecular formula is C25H26N2O3. The first kappa shape index (κ1) is 19.2. The van der Waals surface area contributed by atoms with Crippen LogP contribution in [0.15, 0.2) is 42.5 Å². The summed E-state index contributed by atoms with van der Waals surface area (Å²) in [5, 5.41) is 0. The largest absolute Gasteiger partial charge is 0.292 e. The molecule has 154 valence electrons. The number of aryl methyl sites for hydroxylation is 3. The summed E-state index contributed by atoms with van der Waals surface area (Å²) in [4.78, 5) is 44.1. The molecule has 5 rings (SSSR count). The van der Waals surface area contributed by atoms with Crippen LogP contribution in [0.4, 0.5) is 5.69 Å². The zero-order valence-corrected chi connectivity index (χ0v) is 17.6. The Morgan fingerprint density at radius 3 is 2.27 bits per heavy atom. The Morgan fingerprint density at radius 2 is 1.57 bits per heavy atom. The van der Waals surface area contributed by atoms with Crippen LogP contribution < -0.4 is 4.90 Å². The van der Waals surface area contributed by atoms with Gasteiger partial charge < -0.3 is 0 Å². The van der Waals surface area contributed by atoms with Gasteiger partial charge in [-0.15, -0.1) is 0 Å². The molecule has 0 aromatic heterocycles. The molecule has 3 aliphatic heterocycles. The number of rotatable bonds is 3. The molecule has 2 aromatic carbocycles. The van der Waals surface area contributed by atoms with Gasteiger partial charge in [0, 0.05) is 11.6 Å². The summed E-state index contributed by atoms with van der Waals surface area (Å²) in [7, 11) is 0. The summed E-state index contributed by atoms with van der Waals surface area (Å²) in [6, 6.07) is 12.7. The molecule has 3 heterocycles. The smallest absolute Gasteiger partial charge is 0.239 e. The predicted molar refractivity (Wildman–Crippen MR) is 114 cm³/mol. The van der Waals surface area contributed by atoms with Crippen molar-refractivity contribution < 1.29 is 14.4 Å². The second kappa shape index (κ2) is 6.88. The Hall–Kier alpha value is -2.79. The lowest BCUT2D eigenvalue weighted by Crippen LogP contribution is -2.46. The predicted octanol–water partition coefficient (Wildman–Crippen LogP) is 3.45. The lowest BCUT2D eigenvalue weighted by Gasteiger charge is -2.28. The molecule has 3 aliphatic rings. The minimum absolute atomic E-state index is 0.0263. The first-order chi connectivity index (χ1) is 14.4. The number of carbonyl (C=O) groups excluding carboxylic acids is 3. The fraction of sp³-hybridized carbons (Fsp3) is 0.400. The van der Waals surface area contributed by atoms with E-state index in [2.05, 4.69) is 4.90 Å². The number of benzene rings is 2. The molecule has 2 aromatic rings. The molecule has 3 fully saturated rings. The van der Waals surface area contributed by atoms with E-state index in [-0.39, 0.29) is 23.6 Å². The molecule has 0 bridgehead atoms. The molecule has 2 amide bonds. The molecule has 3 saturated heterocycles. The van der Waals surface area contributed by atoms with Crippen LogP contribution in [0.2, 0.25) is 0 Å². The Labute approximate surface area is 176 Å². The zero-order valence-electron chi connectivity index (χ0n) is 17.6. The quantitative estimate of drug-likeness (QED) is 0.583. The van der Waals surface area contributed by atoms with Gasteiger partial charge in [0.05, 0.1) is 23.6 Å². The number of nitrogens with zero attached hydrogens (tertiary/aromatic N) is 2. The maximum Gasteiger partial charge on any atom is 0.239 e. The number of ketones is 1. The van der Waals surface area contributed by atoms with Gasteiger partial charge in [0.1, 0.15) is 0 Å². The average molecular weight is 402 g/mol. The third-order valence-electron chi connectivity index (χ3n) is 7.05. The van der Waals surface area contributed by atoms with E-state index in [4.69, 9.17) is 0 Å². The van der Waals surface area contributed by atoms with Crippen LogP contribution in [-0.2, 0) is 9.59 Å². The molecule has 0 radical (unpaired) electrons. The fourth-order valence-electron chi connectivity index (χ4n) is 5.70. The van der Waals surface area contributed by atoms with Gasteiger partial charge >= 0.3 is 0 Å². The summed E-state index contributed by atoms with van der Waals surface area (Å²) < 4.78 is 0. The standard InChI is InChI=1S/C25H26N2O3/c1-14-6-9-17(10-7-14)23(28)22-21-20(19-5-4-12-26(19)22)24(29)27(25(21)30)18-11-8-15(2)13-16(18)3/h6-11,13,19-22H,4-5,12H2,1-3H3/t19-,20-,21-,22+/m1/s1. The average Bonchev–Trinajstić information content (AvgIpc) is 3.35. The van der Waals surface area contributed by atoms with Gasteiger partial charge in [0.15, 0.2) is 5.78 Å². The monoisotopic (exact) mass is 402 g/mol. The number of Topliss-reactive ketones (excluding diaryl/α,β-unsaturated/α-hetero) is 1. The summed E-state index contributed by atoms with van der Waals surface area (Å²) in [6.45, 7) is 6.67. The van der Waals surface area contributed by atoms with Gasteiger partial charge in [-0.05, 0) is 51.8 Å². The number of hydrogen-bond acceptors (Lipinski definition) is 4. The second-order valence-electron chi connectivity index (χ2n) is 8.98. The minimum atomic E-state index is -0.600. The van der Waals surface area contributed by atoms with Crippen molar-refractivity contribution in [3.8, 4) is 0 Å². The van der Waals surface area contributed by atoms with Crippen LogP contribution in [0.1, 0.15) is 39.9 Å². The minimum Gasteiger partial charge on any atom is -0.292 e. The Bertz CT molecular complexity index is 1060. The molecule has 5 heteroatoms. The van der Waals surface area contributed by atoms with Crippen LogP contribution in [-0.4, -0.2) is 41.1 Å². The molecule has 5 nitrogen and oxygen atoms in total.